The first-order valence-corrected chi connectivity index (χ1v) is 9.63. The van der Waals surface area contributed by atoms with Crippen LogP contribution in [0.1, 0.15) is 34.8 Å². The first-order valence-electron chi connectivity index (χ1n) is 9.63. The maximum absolute atomic E-state index is 14.0. The number of halogens is 1. The molecule has 0 spiro atoms. The van der Waals surface area contributed by atoms with Crippen molar-refractivity contribution >= 4 is 23.2 Å². The molecule has 9 heteroatoms. The monoisotopic (exact) mass is 407 g/mol. The third-order valence-corrected chi connectivity index (χ3v) is 5.20. The summed E-state index contributed by atoms with van der Waals surface area (Å²) in [6, 6.07) is 8.18. The lowest BCUT2D eigenvalue weighted by atomic mass is 9.96. The van der Waals surface area contributed by atoms with Gasteiger partial charge in [-0.15, -0.1) is 5.10 Å². The van der Waals surface area contributed by atoms with Crippen molar-refractivity contribution in [2.45, 2.75) is 20.3 Å². The van der Waals surface area contributed by atoms with E-state index in [4.69, 9.17) is 0 Å². The van der Waals surface area contributed by atoms with Gasteiger partial charge >= 0.3 is 0 Å². The summed E-state index contributed by atoms with van der Waals surface area (Å²) in [5.41, 5.74) is 3.98. The molecule has 0 saturated carbocycles. The quantitative estimate of drug-likeness (QED) is 0.715. The molecular formula is C21H22FN7O. The molecule has 1 N–H and O–H groups in total. The zero-order valence-electron chi connectivity index (χ0n) is 17.1. The Labute approximate surface area is 173 Å². The minimum atomic E-state index is -0.551. The molecule has 1 aromatic carbocycles. The van der Waals surface area contributed by atoms with Crippen molar-refractivity contribution in [1.82, 2.24) is 25.2 Å². The van der Waals surface area contributed by atoms with Crippen molar-refractivity contribution in [3.63, 3.8) is 0 Å². The van der Waals surface area contributed by atoms with Gasteiger partial charge in [0.15, 0.2) is 0 Å². The topological polar surface area (TPSA) is 88.8 Å². The summed E-state index contributed by atoms with van der Waals surface area (Å²) in [6.07, 6.45) is 2.61. The van der Waals surface area contributed by atoms with Crippen molar-refractivity contribution in [2.24, 2.45) is 7.05 Å². The highest BCUT2D eigenvalue weighted by atomic mass is 19.1. The Bertz CT molecular complexity index is 1100. The zero-order chi connectivity index (χ0) is 21.3. The molecule has 1 aliphatic heterocycles. The van der Waals surface area contributed by atoms with E-state index in [1.165, 1.54) is 16.4 Å². The third-order valence-electron chi connectivity index (χ3n) is 5.20. The maximum atomic E-state index is 14.0. The average Bonchev–Trinajstić information content (AvgIpc) is 3.15. The smallest absolute Gasteiger partial charge is 0.266 e. The Balaban J connectivity index is 1.51. The molecule has 0 radical (unpaired) electrons. The van der Waals surface area contributed by atoms with Crippen LogP contribution in [0.2, 0.25) is 0 Å². The number of aryl methyl sites for hydroxylation is 2. The summed E-state index contributed by atoms with van der Waals surface area (Å²) >= 11 is 0. The van der Waals surface area contributed by atoms with Crippen molar-refractivity contribution in [2.75, 3.05) is 23.3 Å². The molecule has 4 rings (SSSR count). The van der Waals surface area contributed by atoms with Crippen LogP contribution < -0.4 is 10.2 Å². The molecule has 0 fully saturated rings. The molecule has 30 heavy (non-hydrogen) atoms. The van der Waals surface area contributed by atoms with E-state index in [9.17, 15) is 9.18 Å². The second-order valence-electron chi connectivity index (χ2n) is 7.33. The van der Waals surface area contributed by atoms with Gasteiger partial charge in [0.1, 0.15) is 11.6 Å². The number of nitrogens with one attached hydrogen (secondary N) is 1. The van der Waals surface area contributed by atoms with Gasteiger partial charge in [-0.1, -0.05) is 22.8 Å². The maximum Gasteiger partial charge on any atom is 0.266 e. The lowest BCUT2D eigenvalue weighted by molar-refractivity contribution is 0.102. The van der Waals surface area contributed by atoms with Crippen molar-refractivity contribution in [3.8, 4) is 0 Å². The summed E-state index contributed by atoms with van der Waals surface area (Å²) in [6.45, 7) is 5.28. The Morgan fingerprint density at radius 1 is 1.20 bits per heavy atom. The Morgan fingerprint density at radius 2 is 2.03 bits per heavy atom. The number of nitrogens with zero attached hydrogens (tertiary/aromatic N) is 6. The van der Waals surface area contributed by atoms with E-state index in [2.05, 4.69) is 37.5 Å². The summed E-state index contributed by atoms with van der Waals surface area (Å²) in [5.74, 6) is -0.101. The number of anilines is 2. The number of hydrogen-bond donors (Lipinski definition) is 1. The first-order chi connectivity index (χ1) is 14.4. The Morgan fingerprint density at radius 3 is 2.70 bits per heavy atom. The highest BCUT2D eigenvalue weighted by Crippen LogP contribution is 2.28. The molecule has 1 aliphatic rings. The Kier molecular flexibility index (Phi) is 5.26. The van der Waals surface area contributed by atoms with Crippen LogP contribution in [-0.2, 0) is 7.05 Å². The SMILES string of the molecule is CC1=C(c2ccc(NC(=O)c3c(C)cccc3F)nc2)CN(c2nnn(C)n2)CC1. The van der Waals surface area contributed by atoms with E-state index < -0.39 is 11.7 Å². The molecule has 0 unspecified atom stereocenters. The molecular weight excluding hydrogens is 385 g/mol. The molecule has 0 saturated heterocycles. The van der Waals surface area contributed by atoms with E-state index in [1.807, 2.05) is 6.07 Å². The lowest BCUT2D eigenvalue weighted by Crippen LogP contribution is -2.31. The van der Waals surface area contributed by atoms with E-state index in [0.29, 0.717) is 23.9 Å². The minimum absolute atomic E-state index is 0.0290. The highest BCUT2D eigenvalue weighted by Gasteiger charge is 2.21. The fourth-order valence-electron chi connectivity index (χ4n) is 3.51. The van der Waals surface area contributed by atoms with Gasteiger partial charge in [-0.25, -0.2) is 9.37 Å². The fraction of sp³-hybridized carbons (Fsp3) is 0.286. The van der Waals surface area contributed by atoms with Crippen LogP contribution in [0.25, 0.3) is 5.57 Å². The zero-order valence-corrected chi connectivity index (χ0v) is 17.1. The summed E-state index contributed by atoms with van der Waals surface area (Å²) in [5, 5.41) is 14.9. The number of hydrogen-bond acceptors (Lipinski definition) is 6. The van der Waals surface area contributed by atoms with Crippen molar-refractivity contribution < 1.29 is 9.18 Å². The summed E-state index contributed by atoms with van der Waals surface area (Å²) < 4.78 is 14.0. The second kappa shape index (κ2) is 8.02. The fourth-order valence-corrected chi connectivity index (χ4v) is 3.51. The van der Waals surface area contributed by atoms with Crippen LogP contribution >= 0.6 is 0 Å². The van der Waals surface area contributed by atoms with E-state index in [1.54, 1.807) is 38.4 Å². The number of benzene rings is 1. The molecule has 3 heterocycles. The van der Waals surface area contributed by atoms with Crippen LogP contribution in [0.5, 0.6) is 0 Å². The molecule has 8 nitrogen and oxygen atoms in total. The van der Waals surface area contributed by atoms with Crippen LogP contribution in [0, 0.1) is 12.7 Å². The molecule has 1 amide bonds. The van der Waals surface area contributed by atoms with Crippen LogP contribution in [0.3, 0.4) is 0 Å². The Hall–Kier alpha value is -3.62. The van der Waals surface area contributed by atoms with Crippen LogP contribution in [0.4, 0.5) is 16.2 Å². The standard InChI is InChI=1S/C21H22FN7O/c1-13-9-10-29(21-25-27-28(3)26-21)12-16(13)15-7-8-18(23-11-15)24-20(30)19-14(2)5-4-6-17(19)22/h4-8,11H,9-10,12H2,1-3H3,(H,23,24,30). The number of amides is 1. The predicted octanol–water partition coefficient (Wildman–Crippen LogP) is 2.99. The number of carbonyl (C=O) groups excluding carboxylic acids is 1. The number of aromatic nitrogens is 5. The predicted molar refractivity (Wildman–Crippen MR) is 112 cm³/mol. The van der Waals surface area contributed by atoms with Gasteiger partial charge in [0.05, 0.1) is 12.6 Å². The molecule has 154 valence electrons. The first kappa shape index (κ1) is 19.7. The van der Waals surface area contributed by atoms with Gasteiger partial charge in [0.2, 0.25) is 0 Å². The molecule has 0 bridgehead atoms. The van der Waals surface area contributed by atoms with E-state index in [-0.39, 0.29) is 5.56 Å². The van der Waals surface area contributed by atoms with Gasteiger partial charge < -0.3 is 10.2 Å². The molecule has 0 aliphatic carbocycles. The van der Waals surface area contributed by atoms with Crippen LogP contribution in [-0.4, -0.2) is 44.2 Å². The van der Waals surface area contributed by atoms with E-state index >= 15 is 0 Å². The number of pyridine rings is 1. The number of tetrazole rings is 1. The van der Waals surface area contributed by atoms with E-state index in [0.717, 1.165) is 24.1 Å². The number of carbonyl (C=O) groups is 1. The van der Waals surface area contributed by atoms with Gasteiger partial charge in [-0.3, -0.25) is 4.79 Å². The largest absolute Gasteiger partial charge is 0.334 e. The van der Waals surface area contributed by atoms with Gasteiger partial charge in [-0.2, -0.15) is 4.80 Å². The third kappa shape index (κ3) is 3.91. The number of rotatable bonds is 4. The van der Waals surface area contributed by atoms with Crippen LogP contribution in [0.15, 0.2) is 42.1 Å². The minimum Gasteiger partial charge on any atom is -0.334 e. The lowest BCUT2D eigenvalue weighted by Gasteiger charge is -2.28. The van der Waals surface area contributed by atoms with Gasteiger partial charge in [0, 0.05) is 19.3 Å². The average molecular weight is 407 g/mol. The second-order valence-corrected chi connectivity index (χ2v) is 7.33. The summed E-state index contributed by atoms with van der Waals surface area (Å²) in [4.78, 5) is 20.3. The highest BCUT2D eigenvalue weighted by molar-refractivity contribution is 6.05. The van der Waals surface area contributed by atoms with Crippen molar-refractivity contribution in [1.29, 1.82) is 0 Å². The molecule has 0 atom stereocenters. The normalized spacial score (nSPS) is 14.2. The molecule has 3 aromatic rings. The summed E-state index contributed by atoms with van der Waals surface area (Å²) in [7, 11) is 1.74. The van der Waals surface area contributed by atoms with Crippen molar-refractivity contribution in [3.05, 3.63) is 64.6 Å². The van der Waals surface area contributed by atoms with Gasteiger partial charge in [-0.05, 0) is 60.4 Å². The van der Waals surface area contributed by atoms with Gasteiger partial charge in [0.25, 0.3) is 11.9 Å². The molecule has 2 aromatic heterocycles.